The number of hydrogen-bond acceptors (Lipinski definition) is 6. The molecule has 1 aromatic heterocycles. The zero-order valence-electron chi connectivity index (χ0n) is 13.9. The van der Waals surface area contributed by atoms with Gasteiger partial charge in [0.15, 0.2) is 0 Å². The third-order valence-electron chi connectivity index (χ3n) is 3.42. The minimum absolute atomic E-state index is 0.0403. The number of primary amides is 1. The molecule has 0 radical (unpaired) electrons. The largest absolute Gasteiger partial charge is 0.417 e. The number of halogens is 4. The van der Waals surface area contributed by atoms with Crippen LogP contribution in [0.4, 0.5) is 22.6 Å². The van der Waals surface area contributed by atoms with E-state index in [-0.39, 0.29) is 10.4 Å². The molecule has 0 spiro atoms. The molecule has 0 aliphatic carbocycles. The van der Waals surface area contributed by atoms with E-state index in [0.717, 1.165) is 13.0 Å². The predicted octanol–water partition coefficient (Wildman–Crippen LogP) is 2.11. The molecule has 7 nitrogen and oxygen atoms in total. The summed E-state index contributed by atoms with van der Waals surface area (Å²) in [5.74, 6) is -4.03. The van der Waals surface area contributed by atoms with Gasteiger partial charge in [-0.25, -0.2) is 12.8 Å². The summed E-state index contributed by atoms with van der Waals surface area (Å²) in [6.45, 7) is 0.887. The van der Waals surface area contributed by atoms with Crippen molar-refractivity contribution >= 4 is 38.2 Å². The number of sulfonamides is 1. The van der Waals surface area contributed by atoms with Gasteiger partial charge in [-0.05, 0) is 36.6 Å². The van der Waals surface area contributed by atoms with Crippen molar-refractivity contribution in [3.8, 4) is 0 Å². The van der Waals surface area contributed by atoms with Crippen LogP contribution >= 0.6 is 11.3 Å². The molecule has 0 saturated heterocycles. The first-order valence-corrected chi connectivity index (χ1v) is 9.61. The molecular formula is C15H12F4N2O5S2. The Morgan fingerprint density at radius 3 is 2.36 bits per heavy atom. The fraction of sp³-hybridized carbons (Fsp3) is 0.200. The van der Waals surface area contributed by atoms with Crippen molar-refractivity contribution in [2.75, 3.05) is 4.31 Å². The van der Waals surface area contributed by atoms with Crippen LogP contribution in [0.15, 0.2) is 34.5 Å². The van der Waals surface area contributed by atoms with Gasteiger partial charge in [-0.15, -0.1) is 11.3 Å². The number of carbonyl (C=O) groups excluding carboxylic acids is 2. The Bertz CT molecular complexity index is 1030. The minimum atomic E-state index is -5.32. The second-order valence-electron chi connectivity index (χ2n) is 5.43. The van der Waals surface area contributed by atoms with Crippen LogP contribution < -0.4 is 10.0 Å². The average molecular weight is 440 g/mol. The van der Waals surface area contributed by atoms with E-state index in [0.29, 0.717) is 23.5 Å². The molecule has 0 fully saturated rings. The highest BCUT2D eigenvalue weighted by Crippen LogP contribution is 2.39. The highest BCUT2D eigenvalue weighted by Gasteiger charge is 2.43. The fourth-order valence-electron chi connectivity index (χ4n) is 2.19. The number of nitrogens with zero attached hydrogens (tertiary/aromatic N) is 1. The summed E-state index contributed by atoms with van der Waals surface area (Å²) < 4.78 is 78.9. The van der Waals surface area contributed by atoms with E-state index < -0.39 is 61.0 Å². The zero-order valence-corrected chi connectivity index (χ0v) is 15.5. The molecule has 1 unspecified atom stereocenters. The highest BCUT2D eigenvalue weighted by molar-refractivity contribution is 7.93. The predicted molar refractivity (Wildman–Crippen MR) is 90.6 cm³/mol. The smallest absolute Gasteiger partial charge is 0.384 e. The van der Waals surface area contributed by atoms with Crippen LogP contribution in [-0.2, 0) is 21.0 Å². The van der Waals surface area contributed by atoms with Crippen LogP contribution in [0.5, 0.6) is 0 Å². The summed E-state index contributed by atoms with van der Waals surface area (Å²) in [7, 11) is -5.32. The molecule has 28 heavy (non-hydrogen) atoms. The van der Waals surface area contributed by atoms with E-state index >= 15 is 0 Å². The van der Waals surface area contributed by atoms with Crippen LogP contribution in [0, 0.1) is 5.82 Å². The van der Waals surface area contributed by atoms with Crippen LogP contribution in [0.2, 0.25) is 0 Å². The van der Waals surface area contributed by atoms with E-state index in [1.807, 2.05) is 0 Å². The van der Waals surface area contributed by atoms with Crippen LogP contribution in [0.3, 0.4) is 0 Å². The Morgan fingerprint density at radius 2 is 1.86 bits per heavy atom. The molecule has 0 saturated carbocycles. The number of carbonyl (C=O) groups is 2. The molecule has 1 atom stereocenters. The first-order valence-electron chi connectivity index (χ1n) is 7.29. The van der Waals surface area contributed by atoms with E-state index in [4.69, 9.17) is 5.73 Å². The summed E-state index contributed by atoms with van der Waals surface area (Å²) >= 11 is 0.528. The molecule has 0 aliphatic rings. The number of rotatable bonds is 5. The lowest BCUT2D eigenvalue weighted by Crippen LogP contribution is -2.43. The molecule has 13 heteroatoms. The van der Waals surface area contributed by atoms with Crippen molar-refractivity contribution in [2.45, 2.75) is 24.1 Å². The van der Waals surface area contributed by atoms with Gasteiger partial charge in [0.1, 0.15) is 21.8 Å². The lowest BCUT2D eigenvalue weighted by atomic mass is 10.2. The Labute approximate surface area is 160 Å². The molecule has 0 aliphatic heterocycles. The van der Waals surface area contributed by atoms with Gasteiger partial charge in [-0.3, -0.25) is 9.59 Å². The van der Waals surface area contributed by atoms with E-state index in [9.17, 15) is 40.7 Å². The van der Waals surface area contributed by atoms with Crippen LogP contribution in [-0.4, -0.2) is 31.4 Å². The first kappa shape index (κ1) is 21.8. The molecule has 2 rings (SSSR count). The third-order valence-corrected chi connectivity index (χ3v) is 6.19. The fourth-order valence-corrected chi connectivity index (χ4v) is 5.02. The Hall–Kier alpha value is -2.51. The van der Waals surface area contributed by atoms with Gasteiger partial charge in [-0.1, -0.05) is 0 Å². The van der Waals surface area contributed by atoms with Gasteiger partial charge < -0.3 is 10.8 Å². The number of aliphatic hydroxyl groups is 1. The van der Waals surface area contributed by atoms with Gasteiger partial charge in [0.25, 0.3) is 21.8 Å². The van der Waals surface area contributed by atoms with Crippen molar-refractivity contribution in [2.24, 2.45) is 5.73 Å². The van der Waals surface area contributed by atoms with Crippen LogP contribution in [0.1, 0.15) is 22.8 Å². The number of benzene rings is 1. The van der Waals surface area contributed by atoms with E-state index in [2.05, 4.69) is 0 Å². The summed E-state index contributed by atoms with van der Waals surface area (Å²) in [4.78, 5) is 22.4. The van der Waals surface area contributed by atoms with Gasteiger partial charge in [-0.2, -0.15) is 17.5 Å². The normalized spacial score (nSPS) is 13.2. The SMILES string of the molecule is CC(O)C(=O)N(c1sccc1C(N)=O)S(=O)(=O)c1ccc(F)cc1C(F)(F)F. The first-order chi connectivity index (χ1) is 12.8. The van der Waals surface area contributed by atoms with Gasteiger partial charge in [0, 0.05) is 0 Å². The second kappa shape index (κ2) is 7.48. The average Bonchev–Trinajstić information content (AvgIpc) is 3.02. The summed E-state index contributed by atoms with van der Waals surface area (Å²) in [6.07, 6.45) is -7.22. The lowest BCUT2D eigenvalue weighted by molar-refractivity contribution is -0.140. The number of nitrogens with two attached hydrogens (primary N) is 1. The maximum absolute atomic E-state index is 13.3. The van der Waals surface area contributed by atoms with Gasteiger partial charge in [0.2, 0.25) is 0 Å². The molecule has 2 aromatic rings. The minimum Gasteiger partial charge on any atom is -0.384 e. The monoisotopic (exact) mass is 440 g/mol. The number of amides is 2. The second-order valence-corrected chi connectivity index (χ2v) is 8.08. The maximum Gasteiger partial charge on any atom is 0.417 e. The summed E-state index contributed by atoms with van der Waals surface area (Å²) in [6, 6.07) is 1.83. The number of thiophene rings is 1. The molecule has 1 heterocycles. The number of aliphatic hydroxyl groups excluding tert-OH is 1. The molecule has 3 N–H and O–H groups in total. The molecule has 1 aromatic carbocycles. The van der Waals surface area contributed by atoms with Crippen molar-refractivity contribution < 1.29 is 40.7 Å². The zero-order chi connectivity index (χ0) is 21.4. The molecule has 0 bridgehead atoms. The number of alkyl halides is 3. The number of anilines is 1. The van der Waals surface area contributed by atoms with Gasteiger partial charge >= 0.3 is 6.18 Å². The van der Waals surface area contributed by atoms with Crippen molar-refractivity contribution in [1.82, 2.24) is 0 Å². The van der Waals surface area contributed by atoms with Crippen molar-refractivity contribution in [3.63, 3.8) is 0 Å². The Morgan fingerprint density at radius 1 is 1.25 bits per heavy atom. The van der Waals surface area contributed by atoms with Crippen LogP contribution in [0.25, 0.3) is 0 Å². The van der Waals surface area contributed by atoms with Crippen molar-refractivity contribution in [1.29, 1.82) is 0 Å². The molecule has 152 valence electrons. The Balaban J connectivity index is 2.83. The van der Waals surface area contributed by atoms with E-state index in [1.165, 1.54) is 5.38 Å². The highest BCUT2D eigenvalue weighted by atomic mass is 32.2. The van der Waals surface area contributed by atoms with E-state index in [1.54, 1.807) is 0 Å². The summed E-state index contributed by atoms with van der Waals surface area (Å²) in [5.41, 5.74) is 2.80. The number of hydrogen-bond donors (Lipinski definition) is 2. The maximum atomic E-state index is 13.3. The van der Waals surface area contributed by atoms with Gasteiger partial charge in [0.05, 0.1) is 11.1 Å². The lowest BCUT2D eigenvalue weighted by Gasteiger charge is -2.24. The standard InChI is InChI=1S/C15H12F4N2O5S2/c1-7(22)13(24)21(14-9(12(20)23)4-5-27-14)28(25,26)11-3-2-8(16)6-10(11)15(17,18)19/h2-7,22H,1H3,(H2,20,23). The van der Waals surface area contributed by atoms with Crippen molar-refractivity contribution in [3.05, 3.63) is 46.6 Å². The third kappa shape index (κ3) is 4.00. The topological polar surface area (TPSA) is 118 Å². The Kier molecular flexibility index (Phi) is 5.82. The summed E-state index contributed by atoms with van der Waals surface area (Å²) in [5, 5.41) is 10.1. The molecular weight excluding hydrogens is 428 g/mol. The quantitative estimate of drug-likeness (QED) is 0.691. The molecule has 2 amide bonds.